The molecule has 5 rings (SSSR count). The minimum atomic E-state index is -0.363. The first-order chi connectivity index (χ1) is 15.6. The maximum Gasteiger partial charge on any atom is 0.291 e. The molecule has 158 valence electrons. The predicted octanol–water partition coefficient (Wildman–Crippen LogP) is 6.67. The maximum absolute atomic E-state index is 12.7. The monoisotopic (exact) mass is 444 g/mol. The molecule has 0 unspecified atom stereocenters. The summed E-state index contributed by atoms with van der Waals surface area (Å²) in [5.74, 6) is 1.55. The lowest BCUT2D eigenvalue weighted by atomic mass is 10.2. The summed E-state index contributed by atoms with van der Waals surface area (Å²) >= 11 is 6.04. The van der Waals surface area contributed by atoms with E-state index in [9.17, 15) is 4.79 Å². The van der Waals surface area contributed by atoms with Crippen LogP contribution in [0.3, 0.4) is 0 Å². The highest BCUT2D eigenvalue weighted by Crippen LogP contribution is 2.29. The number of anilines is 1. The van der Waals surface area contributed by atoms with E-state index >= 15 is 0 Å². The molecule has 32 heavy (non-hydrogen) atoms. The predicted molar refractivity (Wildman–Crippen MR) is 123 cm³/mol. The van der Waals surface area contributed by atoms with Crippen LogP contribution in [0.5, 0.6) is 5.75 Å². The van der Waals surface area contributed by atoms with Gasteiger partial charge in [0.15, 0.2) is 11.3 Å². The molecule has 5 aromatic rings. The molecule has 0 bridgehead atoms. The van der Waals surface area contributed by atoms with Crippen molar-refractivity contribution in [3.8, 4) is 28.5 Å². The van der Waals surface area contributed by atoms with E-state index in [4.69, 9.17) is 25.2 Å². The molecule has 0 spiro atoms. The molecule has 2 heterocycles. The van der Waals surface area contributed by atoms with Crippen molar-refractivity contribution in [2.24, 2.45) is 0 Å². The van der Waals surface area contributed by atoms with E-state index in [1.165, 1.54) is 0 Å². The van der Waals surface area contributed by atoms with Gasteiger partial charge in [0, 0.05) is 27.9 Å². The minimum Gasteiger partial charge on any atom is -0.497 e. The second kappa shape index (κ2) is 8.24. The van der Waals surface area contributed by atoms with Crippen LogP contribution in [0.1, 0.15) is 10.6 Å². The van der Waals surface area contributed by atoms with Crippen LogP contribution in [0.4, 0.5) is 5.69 Å². The average molecular weight is 445 g/mol. The molecule has 0 aliphatic rings. The number of hydrogen-bond donors (Lipinski definition) is 1. The number of ether oxygens (including phenoxy) is 1. The number of furan rings is 1. The van der Waals surface area contributed by atoms with Crippen LogP contribution in [0.25, 0.3) is 33.9 Å². The first-order valence-corrected chi connectivity index (χ1v) is 10.2. The number of halogens is 1. The lowest BCUT2D eigenvalue weighted by Gasteiger charge is -2.05. The first-order valence-electron chi connectivity index (χ1n) is 9.81. The molecule has 0 aliphatic carbocycles. The molecular weight excluding hydrogens is 428 g/mol. The van der Waals surface area contributed by atoms with E-state index in [0.717, 1.165) is 11.1 Å². The van der Waals surface area contributed by atoms with Gasteiger partial charge in [0.25, 0.3) is 5.91 Å². The van der Waals surface area contributed by atoms with Gasteiger partial charge >= 0.3 is 0 Å². The van der Waals surface area contributed by atoms with Gasteiger partial charge in [-0.1, -0.05) is 29.8 Å². The maximum atomic E-state index is 12.7. The Bertz CT molecular complexity index is 1440. The lowest BCUT2D eigenvalue weighted by molar-refractivity contribution is 0.0997. The number of aromatic nitrogens is 1. The number of rotatable bonds is 5. The quantitative estimate of drug-likeness (QED) is 0.327. The first kappa shape index (κ1) is 19.9. The minimum absolute atomic E-state index is 0.194. The second-order valence-electron chi connectivity index (χ2n) is 7.06. The van der Waals surface area contributed by atoms with Gasteiger partial charge < -0.3 is 18.9 Å². The number of fused-ring (bicyclic) bond motifs is 1. The summed E-state index contributed by atoms with van der Waals surface area (Å²) in [6, 6.07) is 23.3. The van der Waals surface area contributed by atoms with Crippen LogP contribution >= 0.6 is 11.6 Å². The van der Waals surface area contributed by atoms with E-state index in [2.05, 4.69) is 10.3 Å². The molecule has 0 radical (unpaired) electrons. The molecule has 1 amide bonds. The van der Waals surface area contributed by atoms with E-state index < -0.39 is 0 Å². The van der Waals surface area contributed by atoms with Gasteiger partial charge in [-0.05, 0) is 54.6 Å². The van der Waals surface area contributed by atoms with Gasteiger partial charge in [-0.3, -0.25) is 4.79 Å². The SMILES string of the molecule is COc1ccc2oc(-c3cccc(NC(=O)c4ccc(-c5cccc(Cl)c5)o4)c3)nc2c1. The zero-order valence-corrected chi connectivity index (χ0v) is 17.7. The largest absolute Gasteiger partial charge is 0.497 e. The Morgan fingerprint density at radius 2 is 1.78 bits per heavy atom. The summed E-state index contributed by atoms with van der Waals surface area (Å²) < 4.78 is 16.8. The number of carbonyl (C=O) groups is 1. The van der Waals surface area contributed by atoms with Crippen LogP contribution < -0.4 is 10.1 Å². The smallest absolute Gasteiger partial charge is 0.291 e. The summed E-state index contributed by atoms with van der Waals surface area (Å²) in [5.41, 5.74) is 3.47. The molecule has 0 saturated carbocycles. The number of nitrogens with one attached hydrogen (secondary N) is 1. The van der Waals surface area contributed by atoms with Crippen LogP contribution in [0.15, 0.2) is 87.7 Å². The topological polar surface area (TPSA) is 77.5 Å². The van der Waals surface area contributed by atoms with Gasteiger partial charge in [-0.15, -0.1) is 0 Å². The van der Waals surface area contributed by atoms with Crippen LogP contribution in [0.2, 0.25) is 5.02 Å². The molecule has 2 aromatic heterocycles. The van der Waals surface area contributed by atoms with Gasteiger partial charge in [0.2, 0.25) is 5.89 Å². The number of methoxy groups -OCH3 is 1. The summed E-state index contributed by atoms with van der Waals surface area (Å²) in [7, 11) is 1.60. The molecule has 0 fully saturated rings. The van der Waals surface area contributed by atoms with E-state index in [-0.39, 0.29) is 11.7 Å². The van der Waals surface area contributed by atoms with Crippen molar-refractivity contribution >= 4 is 34.3 Å². The van der Waals surface area contributed by atoms with Crippen molar-refractivity contribution in [3.63, 3.8) is 0 Å². The Morgan fingerprint density at radius 3 is 2.62 bits per heavy atom. The fourth-order valence-corrected chi connectivity index (χ4v) is 3.53. The van der Waals surface area contributed by atoms with E-state index in [1.54, 1.807) is 43.5 Å². The number of benzene rings is 3. The summed E-state index contributed by atoms with van der Waals surface area (Å²) in [6.07, 6.45) is 0. The van der Waals surface area contributed by atoms with Crippen molar-refractivity contribution in [1.29, 1.82) is 0 Å². The fraction of sp³-hybridized carbons (Fsp3) is 0.0400. The van der Waals surface area contributed by atoms with Gasteiger partial charge in [0.05, 0.1) is 7.11 Å². The number of nitrogens with zero attached hydrogens (tertiary/aromatic N) is 1. The molecule has 0 aliphatic heterocycles. The second-order valence-corrected chi connectivity index (χ2v) is 7.50. The van der Waals surface area contributed by atoms with Crippen molar-refractivity contribution in [3.05, 3.63) is 89.6 Å². The summed E-state index contributed by atoms with van der Waals surface area (Å²) in [6.45, 7) is 0. The zero-order valence-electron chi connectivity index (χ0n) is 17.0. The average Bonchev–Trinajstić information content (AvgIpc) is 3.46. The normalized spacial score (nSPS) is 10.9. The van der Waals surface area contributed by atoms with Crippen LogP contribution in [0, 0.1) is 0 Å². The van der Waals surface area contributed by atoms with Crippen molar-refractivity contribution in [2.75, 3.05) is 12.4 Å². The van der Waals surface area contributed by atoms with E-state index in [1.807, 2.05) is 42.5 Å². The lowest BCUT2D eigenvalue weighted by Crippen LogP contribution is -2.10. The summed E-state index contributed by atoms with van der Waals surface area (Å²) in [4.78, 5) is 17.2. The molecular formula is C25H17ClN2O4. The molecule has 7 heteroatoms. The van der Waals surface area contributed by atoms with Crippen molar-refractivity contribution < 1.29 is 18.4 Å². The third kappa shape index (κ3) is 3.96. The third-order valence-corrected chi connectivity index (χ3v) is 5.14. The van der Waals surface area contributed by atoms with Crippen molar-refractivity contribution in [1.82, 2.24) is 4.98 Å². The Labute approximate surface area is 188 Å². The fourth-order valence-electron chi connectivity index (χ4n) is 3.34. The molecule has 0 saturated heterocycles. The number of oxazole rings is 1. The molecule has 6 nitrogen and oxygen atoms in total. The number of carbonyl (C=O) groups excluding carboxylic acids is 1. The number of hydrogen-bond acceptors (Lipinski definition) is 5. The molecule has 3 aromatic carbocycles. The molecule has 1 N–H and O–H groups in total. The van der Waals surface area contributed by atoms with Crippen LogP contribution in [-0.2, 0) is 0 Å². The summed E-state index contributed by atoms with van der Waals surface area (Å²) in [5, 5.41) is 3.44. The Hall–Kier alpha value is -4.03. The zero-order chi connectivity index (χ0) is 22.1. The van der Waals surface area contributed by atoms with Crippen molar-refractivity contribution in [2.45, 2.75) is 0 Å². The molecule has 0 atom stereocenters. The van der Waals surface area contributed by atoms with Gasteiger partial charge in [0.1, 0.15) is 17.0 Å². The standard InChI is InChI=1S/C25H17ClN2O4/c1-30-19-8-9-22-20(14-19)28-25(32-22)16-5-3-7-18(13-16)27-24(29)23-11-10-21(31-23)15-4-2-6-17(26)12-15/h2-14H,1H3,(H,27,29). The Morgan fingerprint density at radius 1 is 0.938 bits per heavy atom. The third-order valence-electron chi connectivity index (χ3n) is 4.90. The van der Waals surface area contributed by atoms with Gasteiger partial charge in [-0.2, -0.15) is 0 Å². The van der Waals surface area contributed by atoms with E-state index in [0.29, 0.717) is 39.2 Å². The van der Waals surface area contributed by atoms with Gasteiger partial charge in [-0.25, -0.2) is 4.98 Å². The Kier molecular flexibility index (Phi) is 5.13. The highest BCUT2D eigenvalue weighted by atomic mass is 35.5. The highest BCUT2D eigenvalue weighted by Gasteiger charge is 2.14. The highest BCUT2D eigenvalue weighted by molar-refractivity contribution is 6.30. The van der Waals surface area contributed by atoms with Crippen LogP contribution in [-0.4, -0.2) is 18.0 Å². The Balaban J connectivity index is 1.37. The number of amides is 1.